The van der Waals surface area contributed by atoms with Gasteiger partial charge in [0, 0.05) is 31.2 Å². The zero-order valence-corrected chi connectivity index (χ0v) is 13.6. The van der Waals surface area contributed by atoms with Crippen LogP contribution in [0, 0.1) is 0 Å². The van der Waals surface area contributed by atoms with E-state index in [0.29, 0.717) is 44.0 Å². The molecule has 0 radical (unpaired) electrons. The average Bonchev–Trinajstić information content (AvgIpc) is 3.09. The minimum absolute atomic E-state index is 0.0143. The largest absolute Gasteiger partial charge is 0.469 e. The summed E-state index contributed by atoms with van der Waals surface area (Å²) in [4.78, 5) is 12.9. The van der Waals surface area contributed by atoms with E-state index in [1.807, 2.05) is 36.4 Å². The summed E-state index contributed by atoms with van der Waals surface area (Å²) in [6.45, 7) is 1.67. The maximum Gasteiger partial charge on any atom is 0.230 e. The molecular formula is C18H20ClNO3. The van der Waals surface area contributed by atoms with Crippen LogP contribution in [0.4, 0.5) is 0 Å². The minimum atomic E-state index is -0.611. The van der Waals surface area contributed by atoms with Crippen LogP contribution in [0.25, 0.3) is 0 Å². The first-order valence-corrected chi connectivity index (χ1v) is 8.24. The number of hydrogen-bond donors (Lipinski definition) is 1. The molecule has 3 rings (SSSR count). The van der Waals surface area contributed by atoms with Crippen LogP contribution in [0.2, 0.25) is 5.02 Å². The third kappa shape index (κ3) is 3.43. The average molecular weight is 334 g/mol. The van der Waals surface area contributed by atoms with Crippen LogP contribution < -0.4 is 5.32 Å². The van der Waals surface area contributed by atoms with Crippen LogP contribution in [0.1, 0.15) is 24.2 Å². The third-order valence-electron chi connectivity index (χ3n) is 4.41. The number of amides is 1. The smallest absolute Gasteiger partial charge is 0.230 e. The molecule has 1 aromatic heterocycles. The van der Waals surface area contributed by atoms with Gasteiger partial charge < -0.3 is 14.5 Å². The Labute approximate surface area is 140 Å². The summed E-state index contributed by atoms with van der Waals surface area (Å²) < 4.78 is 10.8. The highest BCUT2D eigenvalue weighted by molar-refractivity contribution is 6.31. The highest BCUT2D eigenvalue weighted by atomic mass is 35.5. The van der Waals surface area contributed by atoms with Gasteiger partial charge in [-0.25, -0.2) is 0 Å². The number of carbonyl (C=O) groups is 1. The highest BCUT2D eigenvalue weighted by Crippen LogP contribution is 2.38. The number of halogens is 1. The molecule has 0 bridgehead atoms. The van der Waals surface area contributed by atoms with Crippen molar-refractivity contribution >= 4 is 17.5 Å². The molecule has 122 valence electrons. The van der Waals surface area contributed by atoms with Gasteiger partial charge in [0.25, 0.3) is 0 Å². The normalized spacial score (nSPS) is 16.9. The van der Waals surface area contributed by atoms with Gasteiger partial charge in [-0.1, -0.05) is 29.8 Å². The van der Waals surface area contributed by atoms with E-state index in [1.54, 1.807) is 6.26 Å². The quantitative estimate of drug-likeness (QED) is 0.913. The minimum Gasteiger partial charge on any atom is -0.469 e. The van der Waals surface area contributed by atoms with E-state index in [0.717, 1.165) is 11.3 Å². The number of ether oxygens (including phenoxy) is 1. The zero-order chi connectivity index (χ0) is 16.1. The molecule has 0 unspecified atom stereocenters. The second-order valence-electron chi connectivity index (χ2n) is 5.76. The number of hydrogen-bond acceptors (Lipinski definition) is 3. The van der Waals surface area contributed by atoms with Gasteiger partial charge in [0.1, 0.15) is 5.76 Å². The molecule has 23 heavy (non-hydrogen) atoms. The highest BCUT2D eigenvalue weighted by Gasteiger charge is 2.42. The van der Waals surface area contributed by atoms with Crippen LogP contribution in [0.15, 0.2) is 47.1 Å². The Morgan fingerprint density at radius 2 is 1.96 bits per heavy atom. The summed E-state index contributed by atoms with van der Waals surface area (Å²) in [5, 5.41) is 3.68. The first-order chi connectivity index (χ1) is 11.2. The lowest BCUT2D eigenvalue weighted by molar-refractivity contribution is -0.130. The fourth-order valence-electron chi connectivity index (χ4n) is 3.11. The van der Waals surface area contributed by atoms with Crippen LogP contribution in [0.3, 0.4) is 0 Å². The molecule has 1 aliphatic heterocycles. The number of furan rings is 1. The lowest BCUT2D eigenvalue weighted by Crippen LogP contribution is -2.48. The van der Waals surface area contributed by atoms with Crippen molar-refractivity contribution in [1.29, 1.82) is 0 Å². The van der Waals surface area contributed by atoms with E-state index in [2.05, 4.69) is 5.32 Å². The summed E-state index contributed by atoms with van der Waals surface area (Å²) in [6.07, 6.45) is 3.60. The number of rotatable bonds is 5. The maximum absolute atomic E-state index is 12.9. The first-order valence-electron chi connectivity index (χ1n) is 7.86. The molecule has 2 aromatic rings. The molecule has 1 saturated heterocycles. The van der Waals surface area contributed by atoms with Gasteiger partial charge in [-0.2, -0.15) is 0 Å². The molecule has 1 N–H and O–H groups in total. The summed E-state index contributed by atoms with van der Waals surface area (Å²) in [7, 11) is 0. The van der Waals surface area contributed by atoms with E-state index >= 15 is 0 Å². The van der Waals surface area contributed by atoms with Crippen molar-refractivity contribution in [2.45, 2.75) is 24.7 Å². The molecule has 1 aromatic carbocycles. The molecule has 1 amide bonds. The first kappa shape index (κ1) is 16.1. The molecule has 0 spiro atoms. The molecule has 1 fully saturated rings. The van der Waals surface area contributed by atoms with Crippen molar-refractivity contribution in [2.24, 2.45) is 0 Å². The Kier molecular flexibility index (Phi) is 5.03. The Balaban J connectivity index is 1.75. The third-order valence-corrected chi connectivity index (χ3v) is 4.74. The predicted molar refractivity (Wildman–Crippen MR) is 88.6 cm³/mol. The summed E-state index contributed by atoms with van der Waals surface area (Å²) in [5.74, 6) is 0.879. The van der Waals surface area contributed by atoms with Crippen molar-refractivity contribution in [2.75, 3.05) is 19.8 Å². The van der Waals surface area contributed by atoms with Crippen molar-refractivity contribution < 1.29 is 13.9 Å². The molecule has 0 aliphatic carbocycles. The van der Waals surface area contributed by atoms with Gasteiger partial charge in [-0.3, -0.25) is 4.79 Å². The van der Waals surface area contributed by atoms with Crippen molar-refractivity contribution in [3.8, 4) is 0 Å². The van der Waals surface area contributed by atoms with Crippen LogP contribution >= 0.6 is 11.6 Å². The number of carbonyl (C=O) groups excluding carboxylic acids is 1. The van der Waals surface area contributed by atoms with E-state index in [4.69, 9.17) is 20.8 Å². The molecule has 0 atom stereocenters. The van der Waals surface area contributed by atoms with Gasteiger partial charge >= 0.3 is 0 Å². The summed E-state index contributed by atoms with van der Waals surface area (Å²) >= 11 is 6.37. The van der Waals surface area contributed by atoms with Gasteiger partial charge in [0.2, 0.25) is 5.91 Å². The Bertz CT molecular complexity index is 648. The van der Waals surface area contributed by atoms with Crippen molar-refractivity contribution in [1.82, 2.24) is 5.32 Å². The van der Waals surface area contributed by atoms with Crippen molar-refractivity contribution in [3.05, 3.63) is 59.0 Å². The lowest BCUT2D eigenvalue weighted by Gasteiger charge is -2.36. The fourth-order valence-corrected chi connectivity index (χ4v) is 3.43. The van der Waals surface area contributed by atoms with E-state index in [1.165, 1.54) is 0 Å². The predicted octanol–water partition coefficient (Wildman–Crippen LogP) is 3.34. The van der Waals surface area contributed by atoms with Gasteiger partial charge in [0.15, 0.2) is 0 Å². The zero-order valence-electron chi connectivity index (χ0n) is 12.9. The van der Waals surface area contributed by atoms with Crippen molar-refractivity contribution in [3.63, 3.8) is 0 Å². The van der Waals surface area contributed by atoms with Gasteiger partial charge in [0.05, 0.1) is 11.7 Å². The molecule has 1 aliphatic rings. The molecule has 2 heterocycles. The SMILES string of the molecule is O=C(NCCc1ccco1)C1(c2ccccc2Cl)CCOCC1. The van der Waals surface area contributed by atoms with Crippen LogP contribution in [-0.2, 0) is 21.4 Å². The van der Waals surface area contributed by atoms with Gasteiger partial charge in [-0.05, 0) is 36.6 Å². The Hall–Kier alpha value is -1.78. The second-order valence-corrected chi connectivity index (χ2v) is 6.17. The fraction of sp³-hybridized carbons (Fsp3) is 0.389. The standard InChI is InChI=1S/C18H20ClNO3/c19-16-6-2-1-5-15(16)18(8-12-22-13-9-18)17(21)20-10-7-14-4-3-11-23-14/h1-6,11H,7-10,12-13H2,(H,20,21). The van der Waals surface area contributed by atoms with Crippen LogP contribution in [-0.4, -0.2) is 25.7 Å². The second kappa shape index (κ2) is 7.20. The molecule has 5 heteroatoms. The Morgan fingerprint density at radius 1 is 1.17 bits per heavy atom. The lowest BCUT2D eigenvalue weighted by atomic mass is 9.73. The monoisotopic (exact) mass is 333 g/mol. The number of benzene rings is 1. The molecule has 0 saturated carbocycles. The molecule has 4 nitrogen and oxygen atoms in total. The summed E-state index contributed by atoms with van der Waals surface area (Å²) in [6, 6.07) is 11.3. The van der Waals surface area contributed by atoms with E-state index < -0.39 is 5.41 Å². The molecular weight excluding hydrogens is 314 g/mol. The Morgan fingerprint density at radius 3 is 2.65 bits per heavy atom. The van der Waals surface area contributed by atoms with Gasteiger partial charge in [-0.15, -0.1) is 0 Å². The summed E-state index contributed by atoms with van der Waals surface area (Å²) in [5.41, 5.74) is 0.278. The van der Waals surface area contributed by atoms with Crippen LogP contribution in [0.5, 0.6) is 0 Å². The topological polar surface area (TPSA) is 51.5 Å². The van der Waals surface area contributed by atoms with E-state index in [-0.39, 0.29) is 5.91 Å². The maximum atomic E-state index is 12.9. The van der Waals surface area contributed by atoms with E-state index in [9.17, 15) is 4.79 Å². The number of nitrogens with one attached hydrogen (secondary N) is 1.